The van der Waals surface area contributed by atoms with Crippen LogP contribution >= 0.6 is 27.3 Å². The fourth-order valence-corrected chi connectivity index (χ4v) is 3.35. The lowest BCUT2D eigenvalue weighted by atomic mass is 10.0. The summed E-state index contributed by atoms with van der Waals surface area (Å²) in [6, 6.07) is 12.3. The van der Waals surface area contributed by atoms with Gasteiger partial charge in [0.2, 0.25) is 0 Å². The Kier molecular flexibility index (Phi) is 3.64. The van der Waals surface area contributed by atoms with Crippen LogP contribution < -0.4 is 5.73 Å². The van der Waals surface area contributed by atoms with Crippen LogP contribution in [0.4, 0.5) is 0 Å². The van der Waals surface area contributed by atoms with Gasteiger partial charge in [0.25, 0.3) is 0 Å². The van der Waals surface area contributed by atoms with E-state index in [9.17, 15) is 0 Å². The maximum atomic E-state index is 6.25. The van der Waals surface area contributed by atoms with Gasteiger partial charge in [-0.3, -0.25) is 4.98 Å². The molecule has 2 nitrogen and oxygen atoms in total. The lowest BCUT2D eigenvalue weighted by Gasteiger charge is -2.10. The van der Waals surface area contributed by atoms with Crippen LogP contribution in [0.5, 0.6) is 0 Å². The van der Waals surface area contributed by atoms with Gasteiger partial charge in [-0.1, -0.05) is 18.2 Å². The highest BCUT2D eigenvalue weighted by Gasteiger charge is 2.11. The highest BCUT2D eigenvalue weighted by Crippen LogP contribution is 2.28. The molecule has 0 fully saturated rings. The van der Waals surface area contributed by atoms with Crippen LogP contribution in [0.25, 0.3) is 10.1 Å². The fraction of sp³-hybridized carbons (Fsp3) is 0.133. The van der Waals surface area contributed by atoms with Crippen LogP contribution in [0, 0.1) is 0 Å². The van der Waals surface area contributed by atoms with Gasteiger partial charge in [-0.05, 0) is 56.9 Å². The van der Waals surface area contributed by atoms with Crippen molar-refractivity contribution in [3.05, 3.63) is 63.7 Å². The minimum absolute atomic E-state index is 0.0638. The molecule has 0 saturated carbocycles. The standard InChI is InChI=1S/C15H13BrN2S/c16-11-5-6-14(18-8-11)13(17)7-10-9-19-15-4-2-1-3-12(10)15/h1-6,8-9,13H,7,17H2. The van der Waals surface area contributed by atoms with E-state index < -0.39 is 0 Å². The van der Waals surface area contributed by atoms with E-state index in [1.54, 1.807) is 17.5 Å². The van der Waals surface area contributed by atoms with Gasteiger partial charge in [0.05, 0.1) is 11.7 Å². The highest BCUT2D eigenvalue weighted by atomic mass is 79.9. The Labute approximate surface area is 124 Å². The third-order valence-electron chi connectivity index (χ3n) is 3.13. The first-order chi connectivity index (χ1) is 9.24. The molecule has 3 aromatic rings. The Morgan fingerprint density at radius 3 is 2.84 bits per heavy atom. The van der Waals surface area contributed by atoms with E-state index in [0.717, 1.165) is 16.6 Å². The molecule has 2 aromatic heterocycles. The largest absolute Gasteiger partial charge is 0.322 e. The van der Waals surface area contributed by atoms with Crippen LogP contribution in [0.1, 0.15) is 17.3 Å². The lowest BCUT2D eigenvalue weighted by molar-refractivity contribution is 0.700. The minimum atomic E-state index is -0.0638. The molecule has 2 heterocycles. The Hall–Kier alpha value is -1.23. The van der Waals surface area contributed by atoms with E-state index in [2.05, 4.69) is 50.6 Å². The smallest absolute Gasteiger partial charge is 0.0575 e. The molecule has 1 unspecified atom stereocenters. The normalized spacial score (nSPS) is 12.7. The van der Waals surface area contributed by atoms with Crippen LogP contribution in [0.3, 0.4) is 0 Å². The Bertz CT molecular complexity index is 691. The topological polar surface area (TPSA) is 38.9 Å². The Morgan fingerprint density at radius 1 is 1.21 bits per heavy atom. The summed E-state index contributed by atoms with van der Waals surface area (Å²) in [5, 5.41) is 3.50. The van der Waals surface area contributed by atoms with E-state index in [4.69, 9.17) is 5.73 Å². The van der Waals surface area contributed by atoms with Crippen LogP contribution in [-0.2, 0) is 6.42 Å². The van der Waals surface area contributed by atoms with Crippen molar-refractivity contribution < 1.29 is 0 Å². The SMILES string of the molecule is NC(Cc1csc2ccccc12)c1ccc(Br)cn1. The number of nitrogens with zero attached hydrogens (tertiary/aromatic N) is 1. The predicted molar refractivity (Wildman–Crippen MR) is 84.4 cm³/mol. The van der Waals surface area contributed by atoms with Crippen LogP contribution in [0.2, 0.25) is 0 Å². The second-order valence-electron chi connectivity index (χ2n) is 4.47. The molecule has 19 heavy (non-hydrogen) atoms. The third kappa shape index (κ3) is 2.71. The second kappa shape index (κ2) is 5.41. The number of hydrogen-bond donors (Lipinski definition) is 1. The molecule has 0 saturated heterocycles. The summed E-state index contributed by atoms with van der Waals surface area (Å²) in [7, 11) is 0. The van der Waals surface area contributed by atoms with Gasteiger partial charge in [0, 0.05) is 15.4 Å². The number of aromatic nitrogens is 1. The molecular weight excluding hydrogens is 320 g/mol. The summed E-state index contributed by atoms with van der Waals surface area (Å²) in [4.78, 5) is 4.37. The molecule has 96 valence electrons. The molecule has 0 aliphatic carbocycles. The number of benzene rings is 1. The van der Waals surface area contributed by atoms with E-state index in [0.29, 0.717) is 0 Å². The Balaban J connectivity index is 1.86. The van der Waals surface area contributed by atoms with Crippen LogP contribution in [0.15, 0.2) is 52.4 Å². The van der Waals surface area contributed by atoms with Crippen molar-refractivity contribution in [3.8, 4) is 0 Å². The molecule has 2 N–H and O–H groups in total. The zero-order valence-corrected chi connectivity index (χ0v) is 12.6. The van der Waals surface area contributed by atoms with Crippen molar-refractivity contribution in [1.82, 2.24) is 4.98 Å². The second-order valence-corrected chi connectivity index (χ2v) is 6.30. The van der Waals surface area contributed by atoms with Gasteiger partial charge < -0.3 is 5.73 Å². The summed E-state index contributed by atoms with van der Waals surface area (Å²) in [6.07, 6.45) is 2.61. The van der Waals surface area contributed by atoms with Crippen molar-refractivity contribution in [2.75, 3.05) is 0 Å². The molecule has 0 radical (unpaired) electrons. The summed E-state index contributed by atoms with van der Waals surface area (Å²) < 4.78 is 2.29. The van der Waals surface area contributed by atoms with Gasteiger partial charge in [0.1, 0.15) is 0 Å². The monoisotopic (exact) mass is 332 g/mol. The maximum Gasteiger partial charge on any atom is 0.0575 e. The van der Waals surface area contributed by atoms with E-state index in [-0.39, 0.29) is 6.04 Å². The van der Waals surface area contributed by atoms with E-state index in [1.807, 2.05) is 12.1 Å². The van der Waals surface area contributed by atoms with Crippen molar-refractivity contribution in [2.24, 2.45) is 5.73 Å². The van der Waals surface area contributed by atoms with Gasteiger partial charge in [0.15, 0.2) is 0 Å². The lowest BCUT2D eigenvalue weighted by Crippen LogP contribution is -2.14. The molecule has 0 aliphatic rings. The Morgan fingerprint density at radius 2 is 2.05 bits per heavy atom. The minimum Gasteiger partial charge on any atom is -0.322 e. The zero-order chi connectivity index (χ0) is 13.2. The average Bonchev–Trinajstić information content (AvgIpc) is 2.83. The zero-order valence-electron chi connectivity index (χ0n) is 10.2. The molecule has 1 aromatic carbocycles. The van der Waals surface area contributed by atoms with Crippen molar-refractivity contribution in [1.29, 1.82) is 0 Å². The summed E-state index contributed by atoms with van der Waals surface area (Å²) in [6.45, 7) is 0. The third-order valence-corrected chi connectivity index (χ3v) is 4.61. The summed E-state index contributed by atoms with van der Waals surface area (Å²) in [5.41, 5.74) is 8.49. The molecule has 0 spiro atoms. The number of rotatable bonds is 3. The quantitative estimate of drug-likeness (QED) is 0.776. The van der Waals surface area contributed by atoms with Gasteiger partial charge in [-0.25, -0.2) is 0 Å². The number of thiophene rings is 1. The number of fused-ring (bicyclic) bond motifs is 1. The first-order valence-electron chi connectivity index (χ1n) is 6.06. The molecule has 3 rings (SSSR count). The first-order valence-corrected chi connectivity index (χ1v) is 7.73. The van der Waals surface area contributed by atoms with Gasteiger partial charge in [-0.15, -0.1) is 11.3 Å². The first kappa shape index (κ1) is 12.8. The molecule has 1 atom stereocenters. The van der Waals surface area contributed by atoms with Gasteiger partial charge in [-0.2, -0.15) is 0 Å². The number of halogens is 1. The predicted octanol–water partition coefficient (Wildman–Crippen LogP) is 4.30. The van der Waals surface area contributed by atoms with Crippen molar-refractivity contribution >= 4 is 37.4 Å². The molecule has 0 amide bonds. The van der Waals surface area contributed by atoms with Gasteiger partial charge >= 0.3 is 0 Å². The van der Waals surface area contributed by atoms with Crippen LogP contribution in [-0.4, -0.2) is 4.98 Å². The number of nitrogens with two attached hydrogens (primary N) is 1. The van der Waals surface area contributed by atoms with E-state index in [1.165, 1.54) is 15.6 Å². The van der Waals surface area contributed by atoms with E-state index >= 15 is 0 Å². The highest BCUT2D eigenvalue weighted by molar-refractivity contribution is 9.10. The fourth-order valence-electron chi connectivity index (χ4n) is 2.14. The molecule has 4 heteroatoms. The maximum absolute atomic E-state index is 6.25. The average molecular weight is 333 g/mol. The molecule has 0 aliphatic heterocycles. The van der Waals surface area contributed by atoms with Crippen molar-refractivity contribution in [2.45, 2.75) is 12.5 Å². The van der Waals surface area contributed by atoms with Crippen molar-refractivity contribution in [3.63, 3.8) is 0 Å². The summed E-state index contributed by atoms with van der Waals surface area (Å²) in [5.74, 6) is 0. The molecule has 0 bridgehead atoms. The summed E-state index contributed by atoms with van der Waals surface area (Å²) >= 11 is 5.16. The molecular formula is C15H13BrN2S. The number of pyridine rings is 1. The number of hydrogen-bond acceptors (Lipinski definition) is 3.